The van der Waals surface area contributed by atoms with E-state index in [-0.39, 0.29) is 22.4 Å². The monoisotopic (exact) mass is 539 g/mol. The Balaban J connectivity index is 1.71. The molecular formula is C27H29ClF3NO3S. The molecule has 3 aromatic carbocycles. The fourth-order valence-corrected chi connectivity index (χ4v) is 4.89. The number of hydrogen-bond donors (Lipinski definition) is 0. The molecule has 1 atom stereocenters. The molecule has 36 heavy (non-hydrogen) atoms. The first kappa shape index (κ1) is 28.0. The van der Waals surface area contributed by atoms with Crippen molar-refractivity contribution in [3.05, 3.63) is 94.5 Å². The van der Waals surface area contributed by atoms with Gasteiger partial charge in [0, 0.05) is 25.9 Å². The van der Waals surface area contributed by atoms with Crippen molar-refractivity contribution in [3.63, 3.8) is 0 Å². The summed E-state index contributed by atoms with van der Waals surface area (Å²) in [6.07, 6.45) is -2.80. The number of halogens is 4. The lowest BCUT2D eigenvalue weighted by Gasteiger charge is -2.27. The smallest absolute Gasteiger partial charge is 0.417 e. The molecule has 0 aliphatic heterocycles. The van der Waals surface area contributed by atoms with Gasteiger partial charge in [0.05, 0.1) is 22.1 Å². The van der Waals surface area contributed by atoms with Crippen LogP contribution in [0, 0.1) is 0 Å². The molecule has 0 aliphatic carbocycles. The van der Waals surface area contributed by atoms with Gasteiger partial charge < -0.3 is 4.74 Å². The molecule has 0 saturated carbocycles. The van der Waals surface area contributed by atoms with Crippen LogP contribution in [0.2, 0.25) is 5.02 Å². The molecular weight excluding hydrogens is 511 g/mol. The lowest BCUT2D eigenvalue weighted by molar-refractivity contribution is -0.137. The zero-order valence-electron chi connectivity index (χ0n) is 20.1. The van der Waals surface area contributed by atoms with Gasteiger partial charge in [0.2, 0.25) is 0 Å². The summed E-state index contributed by atoms with van der Waals surface area (Å²) in [4.78, 5) is 2.24. The van der Waals surface area contributed by atoms with Crippen LogP contribution < -0.4 is 4.74 Å². The zero-order chi connectivity index (χ0) is 26.3. The molecule has 4 nitrogen and oxygen atoms in total. The van der Waals surface area contributed by atoms with Crippen LogP contribution >= 0.6 is 11.6 Å². The highest BCUT2D eigenvalue weighted by atomic mass is 35.5. The van der Waals surface area contributed by atoms with Gasteiger partial charge in [-0.15, -0.1) is 0 Å². The molecule has 0 N–H and O–H groups in total. The molecule has 1 unspecified atom stereocenters. The van der Waals surface area contributed by atoms with Crippen LogP contribution in [-0.4, -0.2) is 39.3 Å². The number of rotatable bonds is 11. The minimum Gasteiger partial charge on any atom is -0.494 e. The Labute approximate surface area is 215 Å². The van der Waals surface area contributed by atoms with Crippen molar-refractivity contribution in [1.29, 1.82) is 0 Å². The summed E-state index contributed by atoms with van der Waals surface area (Å²) in [5, 5.41) is -0.281. The SMILES string of the molecule is CC(CN(CCCOc1cccc(S(C)(=O)=O)c1)Cc1cccc(C(F)(F)F)c1Cl)c1ccccc1. The van der Waals surface area contributed by atoms with Gasteiger partial charge >= 0.3 is 6.18 Å². The maximum absolute atomic E-state index is 13.4. The molecule has 0 aliphatic rings. The molecule has 0 aromatic heterocycles. The van der Waals surface area contributed by atoms with Gasteiger partial charge in [0.15, 0.2) is 9.84 Å². The van der Waals surface area contributed by atoms with E-state index in [1.165, 1.54) is 18.2 Å². The second-order valence-electron chi connectivity index (χ2n) is 8.77. The zero-order valence-corrected chi connectivity index (χ0v) is 21.7. The number of alkyl halides is 3. The van der Waals surface area contributed by atoms with Crippen LogP contribution in [0.5, 0.6) is 5.75 Å². The minimum atomic E-state index is -4.52. The molecule has 0 amide bonds. The largest absolute Gasteiger partial charge is 0.494 e. The van der Waals surface area contributed by atoms with E-state index < -0.39 is 21.6 Å². The Kier molecular flexibility index (Phi) is 9.44. The summed E-state index contributed by atoms with van der Waals surface area (Å²) in [5.74, 6) is 0.589. The summed E-state index contributed by atoms with van der Waals surface area (Å²) >= 11 is 6.16. The Morgan fingerprint density at radius 2 is 1.69 bits per heavy atom. The van der Waals surface area contributed by atoms with E-state index in [0.717, 1.165) is 17.9 Å². The van der Waals surface area contributed by atoms with Gasteiger partial charge in [-0.1, -0.05) is 67.1 Å². The van der Waals surface area contributed by atoms with Gasteiger partial charge in [-0.05, 0) is 47.7 Å². The van der Waals surface area contributed by atoms with Crippen LogP contribution in [0.3, 0.4) is 0 Å². The first-order valence-corrected chi connectivity index (χ1v) is 13.8. The van der Waals surface area contributed by atoms with Crippen molar-refractivity contribution in [2.75, 3.05) is 26.0 Å². The van der Waals surface area contributed by atoms with E-state index >= 15 is 0 Å². The van der Waals surface area contributed by atoms with Gasteiger partial charge in [-0.25, -0.2) is 8.42 Å². The van der Waals surface area contributed by atoms with Crippen LogP contribution in [0.15, 0.2) is 77.7 Å². The van der Waals surface area contributed by atoms with E-state index in [1.54, 1.807) is 18.2 Å². The highest BCUT2D eigenvalue weighted by molar-refractivity contribution is 7.90. The number of benzene rings is 3. The second kappa shape index (κ2) is 12.1. The van der Waals surface area contributed by atoms with Crippen molar-refractivity contribution in [2.24, 2.45) is 0 Å². The predicted octanol–water partition coefficient (Wildman–Crippen LogP) is 6.84. The van der Waals surface area contributed by atoms with Crippen molar-refractivity contribution < 1.29 is 26.3 Å². The highest BCUT2D eigenvalue weighted by Gasteiger charge is 2.34. The summed E-state index contributed by atoms with van der Waals surface area (Å²) in [6, 6.07) is 20.2. The molecule has 0 heterocycles. The van der Waals surface area contributed by atoms with E-state index in [1.807, 2.05) is 30.3 Å². The Bertz CT molecular complexity index is 1250. The highest BCUT2D eigenvalue weighted by Crippen LogP contribution is 2.36. The summed E-state index contributed by atoms with van der Waals surface area (Å²) in [5.41, 5.74) is 0.701. The molecule has 0 radical (unpaired) electrons. The molecule has 3 rings (SSSR count). The maximum Gasteiger partial charge on any atom is 0.417 e. The molecule has 0 fully saturated rings. The standard InChI is InChI=1S/C27H29ClF3NO3S/c1-20(21-9-4-3-5-10-21)18-32(19-22-11-6-14-25(26(22)28)27(29,30)31)15-8-16-35-23-12-7-13-24(17-23)36(2,33)34/h3-7,9-14,17,20H,8,15-16,18-19H2,1-2H3. The molecule has 3 aromatic rings. The van der Waals surface area contributed by atoms with Crippen LogP contribution in [0.1, 0.15) is 36.0 Å². The number of hydrogen-bond acceptors (Lipinski definition) is 4. The summed E-state index contributed by atoms with van der Waals surface area (Å²) < 4.78 is 69.4. The first-order chi connectivity index (χ1) is 16.9. The van der Waals surface area contributed by atoms with Crippen molar-refractivity contribution in [2.45, 2.75) is 36.9 Å². The Morgan fingerprint density at radius 3 is 2.36 bits per heavy atom. The van der Waals surface area contributed by atoms with Crippen LogP contribution in [0.4, 0.5) is 13.2 Å². The lowest BCUT2D eigenvalue weighted by atomic mass is 10.00. The lowest BCUT2D eigenvalue weighted by Crippen LogP contribution is -2.30. The quantitative estimate of drug-likeness (QED) is 0.250. The average Bonchev–Trinajstić information content (AvgIpc) is 2.82. The fourth-order valence-electron chi connectivity index (χ4n) is 3.94. The third-order valence-electron chi connectivity index (χ3n) is 5.80. The Morgan fingerprint density at radius 1 is 1.00 bits per heavy atom. The number of nitrogens with zero attached hydrogens (tertiary/aromatic N) is 1. The molecule has 0 bridgehead atoms. The predicted molar refractivity (Wildman–Crippen MR) is 136 cm³/mol. The summed E-state index contributed by atoms with van der Waals surface area (Å²) in [6.45, 7) is 3.81. The average molecular weight is 540 g/mol. The second-order valence-corrected chi connectivity index (χ2v) is 11.2. The van der Waals surface area contributed by atoms with Gasteiger partial charge in [-0.2, -0.15) is 13.2 Å². The van der Waals surface area contributed by atoms with Crippen molar-refractivity contribution in [1.82, 2.24) is 4.90 Å². The van der Waals surface area contributed by atoms with Gasteiger partial charge in [0.25, 0.3) is 0 Å². The van der Waals surface area contributed by atoms with Crippen LogP contribution in [-0.2, 0) is 22.6 Å². The maximum atomic E-state index is 13.4. The molecule has 9 heteroatoms. The first-order valence-electron chi connectivity index (χ1n) is 11.5. The molecule has 0 spiro atoms. The molecule has 194 valence electrons. The third-order valence-corrected chi connectivity index (χ3v) is 7.36. The van der Waals surface area contributed by atoms with Gasteiger partial charge in [0.1, 0.15) is 5.75 Å². The summed E-state index contributed by atoms with van der Waals surface area (Å²) in [7, 11) is -3.34. The van der Waals surface area contributed by atoms with E-state index in [2.05, 4.69) is 11.8 Å². The normalized spacial score (nSPS) is 13.1. The topological polar surface area (TPSA) is 46.6 Å². The Hall–Kier alpha value is -2.55. The van der Waals surface area contributed by atoms with Gasteiger partial charge in [-0.3, -0.25) is 4.90 Å². The third kappa shape index (κ3) is 7.98. The fraction of sp³-hybridized carbons (Fsp3) is 0.333. The minimum absolute atomic E-state index is 0.142. The van der Waals surface area contributed by atoms with E-state index in [4.69, 9.17) is 16.3 Å². The van der Waals surface area contributed by atoms with Crippen molar-refractivity contribution in [3.8, 4) is 5.75 Å². The molecule has 0 saturated heterocycles. The number of ether oxygens (including phenoxy) is 1. The number of sulfone groups is 1. The van der Waals surface area contributed by atoms with E-state index in [9.17, 15) is 21.6 Å². The van der Waals surface area contributed by atoms with Crippen LogP contribution in [0.25, 0.3) is 0 Å². The van der Waals surface area contributed by atoms with E-state index in [0.29, 0.717) is 37.4 Å². The van der Waals surface area contributed by atoms with Crippen molar-refractivity contribution >= 4 is 21.4 Å².